The highest BCUT2D eigenvalue weighted by Gasteiger charge is 2.29. The highest BCUT2D eigenvalue weighted by atomic mass is 32.2. The number of anilines is 1. The van der Waals surface area contributed by atoms with Gasteiger partial charge in [0.25, 0.3) is 0 Å². The topological polar surface area (TPSA) is 72.5 Å². The van der Waals surface area contributed by atoms with Crippen LogP contribution >= 0.6 is 11.8 Å². The number of rotatable bonds is 8. The summed E-state index contributed by atoms with van der Waals surface area (Å²) in [6, 6.07) is 14.8. The van der Waals surface area contributed by atoms with Crippen LogP contribution in [0.1, 0.15) is 42.1 Å². The molecule has 3 rings (SSSR count). The third-order valence-electron chi connectivity index (χ3n) is 4.52. The number of ketones is 1. The van der Waals surface area contributed by atoms with Gasteiger partial charge in [0.05, 0.1) is 17.4 Å². The van der Waals surface area contributed by atoms with E-state index in [0.717, 1.165) is 29.8 Å². The minimum absolute atomic E-state index is 0.0753. The summed E-state index contributed by atoms with van der Waals surface area (Å²) in [6.45, 7) is 1.82. The van der Waals surface area contributed by atoms with E-state index in [4.69, 9.17) is 4.74 Å². The summed E-state index contributed by atoms with van der Waals surface area (Å²) in [5.41, 5.74) is 2.46. The monoisotopic (exact) mass is 397 g/mol. The number of hydrogen-bond acceptors (Lipinski definition) is 5. The van der Waals surface area contributed by atoms with Crippen molar-refractivity contribution in [2.75, 3.05) is 11.9 Å². The predicted molar refractivity (Wildman–Crippen MR) is 110 cm³/mol. The van der Waals surface area contributed by atoms with Crippen LogP contribution in [-0.4, -0.2) is 29.5 Å². The van der Waals surface area contributed by atoms with Crippen LogP contribution in [0.5, 0.6) is 0 Å². The Labute approximate surface area is 168 Å². The molecule has 2 aromatic carbocycles. The lowest BCUT2D eigenvalue weighted by atomic mass is 10.0. The van der Waals surface area contributed by atoms with E-state index in [1.54, 1.807) is 12.1 Å². The minimum atomic E-state index is -0.560. The van der Waals surface area contributed by atoms with Crippen LogP contribution in [0.25, 0.3) is 0 Å². The van der Waals surface area contributed by atoms with Crippen LogP contribution in [0.4, 0.5) is 5.69 Å². The second-order valence-corrected chi connectivity index (χ2v) is 7.92. The first-order chi connectivity index (χ1) is 13.6. The molecule has 2 aromatic rings. The van der Waals surface area contributed by atoms with E-state index in [9.17, 15) is 14.4 Å². The van der Waals surface area contributed by atoms with Gasteiger partial charge < -0.3 is 10.1 Å². The number of Topliss-reactive ketones (excluding diaryl/α,β-unsaturated/α-hetero) is 1. The summed E-state index contributed by atoms with van der Waals surface area (Å²) >= 11 is 1.33. The molecule has 0 saturated carbocycles. The van der Waals surface area contributed by atoms with Crippen molar-refractivity contribution in [3.05, 3.63) is 59.7 Å². The second kappa shape index (κ2) is 9.55. The van der Waals surface area contributed by atoms with Gasteiger partial charge in [0.1, 0.15) is 0 Å². The molecule has 1 aliphatic rings. The molecule has 0 radical (unpaired) electrons. The summed E-state index contributed by atoms with van der Waals surface area (Å²) in [6.07, 6.45) is 3.15. The number of carbonyl (C=O) groups is 3. The maximum Gasteiger partial charge on any atom is 0.307 e. The maximum absolute atomic E-state index is 12.2. The zero-order valence-corrected chi connectivity index (χ0v) is 16.6. The fourth-order valence-corrected chi connectivity index (χ4v) is 4.00. The number of unbranched alkanes of at least 4 members (excludes halogenated alkanes) is 1. The predicted octanol–water partition coefficient (Wildman–Crippen LogP) is 4.26. The van der Waals surface area contributed by atoms with Crippen molar-refractivity contribution < 1.29 is 19.1 Å². The number of aryl methyl sites for hydroxylation is 1. The molecule has 6 heteroatoms. The van der Waals surface area contributed by atoms with Crippen LogP contribution in [0.15, 0.2) is 53.4 Å². The van der Waals surface area contributed by atoms with Gasteiger partial charge in [-0.2, -0.15) is 0 Å². The van der Waals surface area contributed by atoms with E-state index in [0.29, 0.717) is 5.56 Å². The van der Waals surface area contributed by atoms with E-state index in [1.807, 2.05) is 36.4 Å². The first-order valence-corrected chi connectivity index (χ1v) is 10.3. The number of carbonyl (C=O) groups excluding carboxylic acids is 3. The Morgan fingerprint density at radius 3 is 2.61 bits per heavy atom. The number of benzene rings is 2. The van der Waals surface area contributed by atoms with E-state index in [2.05, 4.69) is 12.2 Å². The summed E-state index contributed by atoms with van der Waals surface area (Å²) in [4.78, 5) is 37.4. The van der Waals surface area contributed by atoms with Crippen molar-refractivity contribution in [3.8, 4) is 0 Å². The fraction of sp³-hybridized carbons (Fsp3) is 0.318. The van der Waals surface area contributed by atoms with E-state index < -0.39 is 11.2 Å². The van der Waals surface area contributed by atoms with Crippen LogP contribution in [0, 0.1) is 0 Å². The average molecular weight is 397 g/mol. The quantitative estimate of drug-likeness (QED) is 0.532. The van der Waals surface area contributed by atoms with Gasteiger partial charge in [-0.05, 0) is 30.5 Å². The highest BCUT2D eigenvalue weighted by molar-refractivity contribution is 8.01. The number of para-hydroxylation sites is 1. The molecule has 1 aliphatic heterocycles. The van der Waals surface area contributed by atoms with Crippen LogP contribution < -0.4 is 5.32 Å². The maximum atomic E-state index is 12.2. The number of esters is 1. The van der Waals surface area contributed by atoms with Gasteiger partial charge in [-0.15, -0.1) is 11.8 Å². The fourth-order valence-electron chi connectivity index (χ4n) is 2.90. The molecule has 1 heterocycles. The lowest BCUT2D eigenvalue weighted by molar-refractivity contribution is -0.143. The normalized spacial score (nSPS) is 15.5. The molecule has 5 nitrogen and oxygen atoms in total. The largest absolute Gasteiger partial charge is 0.457 e. The van der Waals surface area contributed by atoms with E-state index >= 15 is 0 Å². The third kappa shape index (κ3) is 5.23. The minimum Gasteiger partial charge on any atom is -0.457 e. The molecular formula is C22H23NO4S. The van der Waals surface area contributed by atoms with Gasteiger partial charge in [0, 0.05) is 10.5 Å². The highest BCUT2D eigenvalue weighted by Crippen LogP contribution is 2.36. The first-order valence-electron chi connectivity index (χ1n) is 9.41. The average Bonchev–Trinajstić information content (AvgIpc) is 2.71. The van der Waals surface area contributed by atoms with Gasteiger partial charge in [0.2, 0.25) is 5.91 Å². The van der Waals surface area contributed by atoms with Gasteiger partial charge in [-0.1, -0.05) is 49.7 Å². The van der Waals surface area contributed by atoms with Crippen LogP contribution in [-0.2, 0) is 20.7 Å². The second-order valence-electron chi connectivity index (χ2n) is 6.68. The summed E-state index contributed by atoms with van der Waals surface area (Å²) < 4.78 is 5.11. The Morgan fingerprint density at radius 2 is 1.86 bits per heavy atom. The molecule has 28 heavy (non-hydrogen) atoms. The number of nitrogens with one attached hydrogen (secondary N) is 1. The van der Waals surface area contributed by atoms with Crippen molar-refractivity contribution in [1.29, 1.82) is 0 Å². The van der Waals surface area contributed by atoms with Crippen molar-refractivity contribution >= 4 is 35.1 Å². The smallest absolute Gasteiger partial charge is 0.307 e. The molecule has 1 N–H and O–H groups in total. The number of ether oxygens (including phenoxy) is 1. The SMILES string of the molecule is CCCCc1ccc(C(=O)COC(=O)C[C@H]2Sc3ccccc3NC2=O)cc1. The Balaban J connectivity index is 1.49. The zero-order valence-electron chi connectivity index (χ0n) is 15.8. The third-order valence-corrected chi connectivity index (χ3v) is 5.79. The van der Waals surface area contributed by atoms with Gasteiger partial charge >= 0.3 is 5.97 Å². The van der Waals surface area contributed by atoms with E-state index in [1.165, 1.54) is 17.3 Å². The molecule has 0 bridgehead atoms. The Morgan fingerprint density at radius 1 is 1.11 bits per heavy atom. The Bertz CT molecular complexity index is 863. The van der Waals surface area contributed by atoms with Crippen molar-refractivity contribution in [2.45, 2.75) is 42.8 Å². The summed E-state index contributed by atoms with van der Waals surface area (Å²) in [5.74, 6) is -1.03. The Hall–Kier alpha value is -2.60. The van der Waals surface area contributed by atoms with Gasteiger partial charge in [0.15, 0.2) is 12.4 Å². The lowest BCUT2D eigenvalue weighted by Crippen LogP contribution is -2.31. The van der Waals surface area contributed by atoms with Gasteiger partial charge in [-0.3, -0.25) is 14.4 Å². The summed E-state index contributed by atoms with van der Waals surface area (Å²) in [5, 5.41) is 2.23. The van der Waals surface area contributed by atoms with Gasteiger partial charge in [-0.25, -0.2) is 0 Å². The van der Waals surface area contributed by atoms with Crippen molar-refractivity contribution in [3.63, 3.8) is 0 Å². The molecule has 1 atom stereocenters. The number of amides is 1. The molecule has 0 aliphatic carbocycles. The number of hydrogen-bond donors (Lipinski definition) is 1. The molecule has 0 fully saturated rings. The van der Waals surface area contributed by atoms with Crippen molar-refractivity contribution in [2.24, 2.45) is 0 Å². The standard InChI is InChI=1S/C22H23NO4S/c1-2-3-6-15-9-11-16(12-10-15)18(24)14-27-21(25)13-20-22(26)23-17-7-4-5-8-19(17)28-20/h4-5,7-12,20H,2-3,6,13-14H2,1H3,(H,23,26)/t20-/m1/s1. The van der Waals surface area contributed by atoms with Crippen LogP contribution in [0.3, 0.4) is 0 Å². The first kappa shape index (κ1) is 20.1. The molecule has 0 aromatic heterocycles. The van der Waals surface area contributed by atoms with E-state index in [-0.39, 0.29) is 24.7 Å². The molecule has 0 spiro atoms. The Kier molecular flexibility index (Phi) is 6.87. The number of fused-ring (bicyclic) bond motifs is 1. The molecule has 1 amide bonds. The molecule has 0 unspecified atom stereocenters. The molecule has 146 valence electrons. The summed E-state index contributed by atoms with van der Waals surface area (Å²) in [7, 11) is 0. The molecular weight excluding hydrogens is 374 g/mol. The van der Waals surface area contributed by atoms with Crippen LogP contribution in [0.2, 0.25) is 0 Å². The lowest BCUT2D eigenvalue weighted by Gasteiger charge is -2.23. The zero-order chi connectivity index (χ0) is 19.9. The number of thioether (sulfide) groups is 1. The van der Waals surface area contributed by atoms with Crippen molar-refractivity contribution in [1.82, 2.24) is 0 Å². The molecule has 0 saturated heterocycles.